The minimum Gasteiger partial charge on any atom is -0.481 e. The maximum Gasteiger partial charge on any atom is 0.344 e. The molecule has 0 aliphatic carbocycles. The Kier molecular flexibility index (Phi) is 20.9. The summed E-state index contributed by atoms with van der Waals surface area (Å²) in [5.41, 5.74) is 0.833. The fourth-order valence-corrected chi connectivity index (χ4v) is 8.20. The standard InChI is InChI=1S/C20H22BrClFNO5S.C15H21BrO3.C6H3Cl2FO2S/c1-20(2,3)29-19(25)12-28-18-8-5-13(9-15(18)21)11-24(4)30(26,27)14-6-7-17(23)16(22)10-14;1-5-6-11-7-8-13(12(16)9-11)18-10-14(17)19-15(2,3)4;7-5-3-4(12(8,10)11)1-2-6(5)9/h5-10H,11-12H2,1-4H3;7-9H,5-6,10H2,1-4H3;1-3H. The van der Waals surface area contributed by atoms with Crippen molar-refractivity contribution in [1.29, 1.82) is 0 Å². The number of hydrogen-bond acceptors (Lipinski definition) is 10. The van der Waals surface area contributed by atoms with Crippen molar-refractivity contribution in [3.63, 3.8) is 0 Å². The van der Waals surface area contributed by atoms with Crippen LogP contribution in [0, 0.1) is 11.6 Å². The first kappa shape index (κ1) is 54.1. The summed E-state index contributed by atoms with van der Waals surface area (Å²) < 4.78 is 96.4. The number of halogens is 7. The number of benzene rings is 4. The van der Waals surface area contributed by atoms with Crippen molar-refractivity contribution in [3.05, 3.63) is 115 Å². The summed E-state index contributed by atoms with van der Waals surface area (Å²) in [6, 6.07) is 17.1. The van der Waals surface area contributed by atoms with E-state index in [1.807, 2.05) is 39.0 Å². The number of aryl methyl sites for hydroxylation is 1. The van der Waals surface area contributed by atoms with Crippen LogP contribution >= 0.6 is 65.7 Å². The average molecular weight is 1080 g/mol. The monoisotopic (exact) mass is 1080 g/mol. The smallest absolute Gasteiger partial charge is 0.344 e. The Labute approximate surface area is 387 Å². The van der Waals surface area contributed by atoms with Crippen LogP contribution in [0.5, 0.6) is 11.5 Å². The molecule has 0 atom stereocenters. The number of esters is 2. The lowest BCUT2D eigenvalue weighted by Crippen LogP contribution is -2.27. The van der Waals surface area contributed by atoms with Crippen molar-refractivity contribution in [2.24, 2.45) is 0 Å². The van der Waals surface area contributed by atoms with Crippen molar-refractivity contribution in [2.45, 2.75) is 88.8 Å². The van der Waals surface area contributed by atoms with Crippen LogP contribution in [0.25, 0.3) is 0 Å². The lowest BCUT2D eigenvalue weighted by molar-refractivity contribution is -0.158. The van der Waals surface area contributed by atoms with Crippen molar-refractivity contribution in [2.75, 3.05) is 20.3 Å². The number of carbonyl (C=O) groups is 2. The molecule has 0 fully saturated rings. The van der Waals surface area contributed by atoms with E-state index < -0.39 is 47.9 Å². The van der Waals surface area contributed by atoms with Gasteiger partial charge in [-0.1, -0.05) is 48.7 Å². The summed E-state index contributed by atoms with van der Waals surface area (Å²) in [5.74, 6) is -1.16. The van der Waals surface area contributed by atoms with Crippen LogP contribution in [0.2, 0.25) is 10.0 Å². The normalized spacial score (nSPS) is 11.7. The first-order valence-corrected chi connectivity index (χ1v) is 24.2. The molecule has 0 saturated heterocycles. The van der Waals surface area contributed by atoms with Gasteiger partial charge in [0.15, 0.2) is 13.2 Å². The summed E-state index contributed by atoms with van der Waals surface area (Å²) in [4.78, 5) is 23.0. The topological polar surface area (TPSA) is 143 Å². The van der Waals surface area contributed by atoms with E-state index in [-0.39, 0.29) is 45.6 Å². The second-order valence-electron chi connectivity index (χ2n) is 14.9. The van der Waals surface area contributed by atoms with Gasteiger partial charge in [0, 0.05) is 24.3 Å². The molecular weight excluding hydrogens is 1030 g/mol. The van der Waals surface area contributed by atoms with Gasteiger partial charge >= 0.3 is 11.9 Å². The molecule has 11 nitrogen and oxygen atoms in total. The predicted octanol–water partition coefficient (Wildman–Crippen LogP) is 11.3. The molecule has 0 saturated carbocycles. The van der Waals surface area contributed by atoms with Crippen LogP contribution in [-0.2, 0) is 51.1 Å². The van der Waals surface area contributed by atoms with Gasteiger partial charge in [-0.2, -0.15) is 4.31 Å². The number of ether oxygens (including phenoxy) is 4. The van der Waals surface area contributed by atoms with E-state index in [0.717, 1.165) is 58.0 Å². The number of hydrogen-bond donors (Lipinski definition) is 0. The highest BCUT2D eigenvalue weighted by molar-refractivity contribution is 9.11. The molecule has 20 heteroatoms. The quantitative estimate of drug-likeness (QED) is 0.0938. The zero-order valence-electron chi connectivity index (χ0n) is 34.5. The van der Waals surface area contributed by atoms with E-state index >= 15 is 0 Å². The predicted molar refractivity (Wildman–Crippen MR) is 239 cm³/mol. The molecule has 0 amide bonds. The van der Waals surface area contributed by atoms with Crippen LogP contribution in [-0.4, -0.2) is 64.5 Å². The van der Waals surface area contributed by atoms with Gasteiger partial charge in [0.1, 0.15) is 34.3 Å². The first-order chi connectivity index (χ1) is 28.0. The number of sulfonamides is 1. The highest BCUT2D eigenvalue weighted by Gasteiger charge is 2.23. The molecule has 336 valence electrons. The van der Waals surface area contributed by atoms with Crippen molar-refractivity contribution in [3.8, 4) is 11.5 Å². The zero-order valence-corrected chi connectivity index (χ0v) is 41.5. The van der Waals surface area contributed by atoms with Gasteiger partial charge in [-0.3, -0.25) is 0 Å². The van der Waals surface area contributed by atoms with Crippen molar-refractivity contribution in [1.82, 2.24) is 4.31 Å². The molecule has 4 aromatic carbocycles. The van der Waals surface area contributed by atoms with Gasteiger partial charge in [0.2, 0.25) is 10.0 Å². The van der Waals surface area contributed by atoms with Gasteiger partial charge in [-0.05, 0) is 152 Å². The van der Waals surface area contributed by atoms with E-state index in [9.17, 15) is 35.2 Å². The Morgan fingerprint density at radius 1 is 0.672 bits per heavy atom. The molecule has 0 aliphatic rings. The fourth-order valence-electron chi connectivity index (χ4n) is 4.67. The van der Waals surface area contributed by atoms with Crippen LogP contribution in [0.15, 0.2) is 91.5 Å². The number of carbonyl (C=O) groups excluding carboxylic acids is 2. The Morgan fingerprint density at radius 2 is 1.08 bits per heavy atom. The second-order valence-corrected chi connectivity index (χ2v) is 22.0. The van der Waals surface area contributed by atoms with Crippen LogP contribution in [0.4, 0.5) is 8.78 Å². The number of nitrogens with zero attached hydrogens (tertiary/aromatic N) is 1. The minimum atomic E-state index is -3.86. The summed E-state index contributed by atoms with van der Waals surface area (Å²) in [6.45, 7) is 12.7. The maximum atomic E-state index is 13.3. The molecule has 0 spiro atoms. The lowest BCUT2D eigenvalue weighted by atomic mass is 10.1. The molecule has 61 heavy (non-hydrogen) atoms. The Balaban J connectivity index is 0.000000351. The van der Waals surface area contributed by atoms with Gasteiger partial charge in [-0.15, -0.1) is 0 Å². The Hall–Kier alpha value is -3.03. The fraction of sp³-hybridized carbons (Fsp3) is 0.366. The average Bonchev–Trinajstić information content (AvgIpc) is 3.12. The molecule has 0 N–H and O–H groups in total. The molecule has 0 bridgehead atoms. The van der Waals surface area contributed by atoms with E-state index in [2.05, 4.69) is 38.8 Å². The van der Waals surface area contributed by atoms with E-state index in [1.165, 1.54) is 12.6 Å². The Bertz CT molecular complexity index is 2380. The van der Waals surface area contributed by atoms with Crippen molar-refractivity contribution < 1.29 is 54.2 Å². The van der Waals surface area contributed by atoms with Crippen LogP contribution in [0.1, 0.15) is 66.0 Å². The third-order valence-corrected chi connectivity index (χ3v) is 12.2. The van der Waals surface area contributed by atoms with E-state index in [1.54, 1.807) is 39.0 Å². The third-order valence-electron chi connectivity index (χ3n) is 7.24. The first-order valence-electron chi connectivity index (χ1n) is 18.1. The van der Waals surface area contributed by atoms with Gasteiger partial charge in [0.05, 0.1) is 28.8 Å². The molecule has 0 aliphatic heterocycles. The molecule has 0 unspecified atom stereocenters. The maximum absolute atomic E-state index is 13.3. The SMILES string of the molecule is CCCc1ccc(OCC(=O)OC(C)(C)C)c(Br)c1.CN(Cc1ccc(OCC(=O)OC(C)(C)C)c(Br)c1)S(=O)(=O)c1ccc(F)c(Cl)c1.O=S(=O)(Cl)c1ccc(F)c(Cl)c1. The van der Waals surface area contributed by atoms with E-state index in [0.29, 0.717) is 21.5 Å². The van der Waals surface area contributed by atoms with Crippen LogP contribution < -0.4 is 9.47 Å². The largest absolute Gasteiger partial charge is 0.481 e. The lowest BCUT2D eigenvalue weighted by Gasteiger charge is -2.20. The summed E-state index contributed by atoms with van der Waals surface area (Å²) in [5, 5.41) is -0.532. The molecule has 4 aromatic rings. The minimum absolute atomic E-state index is 0.0578. The molecule has 0 aromatic heterocycles. The van der Waals surface area contributed by atoms with Crippen LogP contribution in [0.3, 0.4) is 0 Å². The third kappa shape index (κ3) is 19.5. The summed E-state index contributed by atoms with van der Waals surface area (Å²) in [7, 11) is -1.30. The number of rotatable bonds is 13. The van der Waals surface area contributed by atoms with Crippen molar-refractivity contribution >= 4 is 96.8 Å². The highest BCUT2D eigenvalue weighted by atomic mass is 79.9. The molecular formula is C41H46Br2Cl3F2NO10S2. The highest BCUT2D eigenvalue weighted by Crippen LogP contribution is 2.29. The Morgan fingerprint density at radius 3 is 1.48 bits per heavy atom. The van der Waals surface area contributed by atoms with Gasteiger partial charge < -0.3 is 18.9 Å². The zero-order chi connectivity index (χ0) is 46.5. The van der Waals surface area contributed by atoms with Gasteiger partial charge in [0.25, 0.3) is 9.05 Å². The molecule has 0 radical (unpaired) electrons. The summed E-state index contributed by atoms with van der Waals surface area (Å²) >= 11 is 17.8. The second kappa shape index (κ2) is 23.6. The van der Waals surface area contributed by atoms with E-state index in [4.69, 9.17) is 52.8 Å². The summed E-state index contributed by atoms with van der Waals surface area (Å²) in [6.07, 6.45) is 2.13. The van der Waals surface area contributed by atoms with Gasteiger partial charge in [-0.25, -0.2) is 35.2 Å². The molecule has 0 heterocycles. The molecule has 4 rings (SSSR count).